The van der Waals surface area contributed by atoms with Gasteiger partial charge in [-0.2, -0.15) is 4.57 Å². The first-order valence-electron chi connectivity index (χ1n) is 12.0. The molecule has 0 radical (unpaired) electrons. The summed E-state index contributed by atoms with van der Waals surface area (Å²) in [5.74, 6) is 2.26. The number of aryl methyl sites for hydroxylation is 2. The first-order chi connectivity index (χ1) is 17.6. The molecule has 1 unspecified atom stereocenters. The lowest BCUT2D eigenvalue weighted by Gasteiger charge is -2.23. The summed E-state index contributed by atoms with van der Waals surface area (Å²) in [7, 11) is 3.27. The van der Waals surface area contributed by atoms with Gasteiger partial charge in [-0.3, -0.25) is 4.79 Å². The van der Waals surface area contributed by atoms with Crippen molar-refractivity contribution < 1.29 is 28.3 Å². The van der Waals surface area contributed by atoms with Gasteiger partial charge in [-0.05, 0) is 48.9 Å². The van der Waals surface area contributed by atoms with Crippen molar-refractivity contribution in [2.45, 2.75) is 25.8 Å². The maximum absolute atomic E-state index is 13.6. The second-order valence-electron chi connectivity index (χ2n) is 9.04. The number of ether oxygens (including phenoxy) is 4. The van der Waals surface area contributed by atoms with Gasteiger partial charge in [0.05, 0.1) is 31.1 Å². The van der Waals surface area contributed by atoms with Crippen LogP contribution in [0.15, 0.2) is 60.8 Å². The topological polar surface area (TPSA) is 69.9 Å². The Morgan fingerprint density at radius 1 is 1.00 bits per heavy atom. The number of methoxy groups -OCH3 is 2. The van der Waals surface area contributed by atoms with Crippen molar-refractivity contribution in [1.82, 2.24) is 0 Å². The van der Waals surface area contributed by atoms with E-state index in [1.54, 1.807) is 14.2 Å². The van der Waals surface area contributed by atoms with Crippen molar-refractivity contribution in [2.75, 3.05) is 26.3 Å². The highest BCUT2D eigenvalue weighted by Gasteiger charge is 2.35. The summed E-state index contributed by atoms with van der Waals surface area (Å²) in [5.41, 5.74) is 4.93. The Balaban J connectivity index is 1.60. The zero-order valence-corrected chi connectivity index (χ0v) is 20.5. The van der Waals surface area contributed by atoms with Crippen molar-refractivity contribution in [3.63, 3.8) is 0 Å². The van der Waals surface area contributed by atoms with Crippen LogP contribution in [0.3, 0.4) is 0 Å². The Morgan fingerprint density at radius 3 is 2.53 bits per heavy atom. The molecule has 0 saturated heterocycles. The Kier molecular flexibility index (Phi) is 5.40. The molecule has 36 heavy (non-hydrogen) atoms. The molecule has 0 aliphatic carbocycles. The molecule has 182 valence electrons. The third-order valence-corrected chi connectivity index (χ3v) is 7.04. The molecule has 0 spiro atoms. The number of para-hydroxylation sites is 1. The lowest BCUT2D eigenvalue weighted by Crippen LogP contribution is -2.42. The highest BCUT2D eigenvalue weighted by Crippen LogP contribution is 2.45. The van der Waals surface area contributed by atoms with Gasteiger partial charge in [0.15, 0.2) is 35.7 Å². The van der Waals surface area contributed by atoms with E-state index in [2.05, 4.69) is 22.1 Å². The van der Waals surface area contributed by atoms with Crippen LogP contribution in [-0.4, -0.2) is 26.9 Å². The first kappa shape index (κ1) is 22.2. The number of aromatic nitrogens is 1. The lowest BCUT2D eigenvalue weighted by atomic mass is 9.86. The molecule has 0 saturated carbocycles. The third kappa shape index (κ3) is 3.50. The summed E-state index contributed by atoms with van der Waals surface area (Å²) in [6, 6.07) is 17.5. The number of rotatable bonds is 5. The monoisotopic (exact) mass is 483 g/mol. The van der Waals surface area contributed by atoms with Gasteiger partial charge in [0, 0.05) is 23.1 Å². The normalized spacial score (nSPS) is 14.1. The van der Waals surface area contributed by atoms with E-state index in [0.717, 1.165) is 57.7 Å². The van der Waals surface area contributed by atoms with Gasteiger partial charge in [0.1, 0.15) is 0 Å². The maximum Gasteiger partial charge on any atom is 0.231 e. The number of hydrogen-bond donors (Lipinski definition) is 1. The summed E-state index contributed by atoms with van der Waals surface area (Å²) >= 11 is 0. The molecule has 0 bridgehead atoms. The number of benzene rings is 3. The molecule has 1 N–H and O–H groups in total. The third-order valence-electron chi connectivity index (χ3n) is 7.04. The highest BCUT2D eigenvalue weighted by atomic mass is 16.7. The summed E-state index contributed by atoms with van der Waals surface area (Å²) in [4.78, 5) is 13.6. The van der Waals surface area contributed by atoms with Gasteiger partial charge in [-0.1, -0.05) is 18.2 Å². The summed E-state index contributed by atoms with van der Waals surface area (Å²) in [6.45, 7) is 2.93. The Labute approximate surface area is 209 Å². The first-order valence-corrected chi connectivity index (χ1v) is 12.0. The van der Waals surface area contributed by atoms with E-state index in [1.807, 2.05) is 55.5 Å². The van der Waals surface area contributed by atoms with E-state index >= 15 is 0 Å². The number of fused-ring (bicyclic) bond motifs is 5. The molecular formula is C29H27N2O5+. The molecule has 0 fully saturated rings. The largest absolute Gasteiger partial charge is 0.493 e. The van der Waals surface area contributed by atoms with Crippen LogP contribution >= 0.6 is 0 Å². The molecule has 3 heterocycles. The Bertz CT molecular complexity index is 1500. The molecule has 2 aliphatic rings. The van der Waals surface area contributed by atoms with Crippen LogP contribution in [-0.2, 0) is 17.8 Å². The molecule has 1 aromatic heterocycles. The molecular weight excluding hydrogens is 456 g/mol. The van der Waals surface area contributed by atoms with Crippen LogP contribution in [0.4, 0.5) is 5.69 Å². The summed E-state index contributed by atoms with van der Waals surface area (Å²) < 4.78 is 24.9. The van der Waals surface area contributed by atoms with E-state index in [0.29, 0.717) is 11.5 Å². The van der Waals surface area contributed by atoms with Crippen LogP contribution in [0.2, 0.25) is 0 Å². The minimum Gasteiger partial charge on any atom is -0.493 e. The number of amides is 1. The van der Waals surface area contributed by atoms with Crippen molar-refractivity contribution >= 4 is 22.4 Å². The van der Waals surface area contributed by atoms with E-state index in [4.69, 9.17) is 18.9 Å². The highest BCUT2D eigenvalue weighted by molar-refractivity contribution is 6.03. The second kappa shape index (κ2) is 8.75. The molecule has 7 nitrogen and oxygen atoms in total. The van der Waals surface area contributed by atoms with Crippen molar-refractivity contribution in [3.05, 3.63) is 71.9 Å². The fraction of sp³-hybridized carbons (Fsp3) is 0.241. The van der Waals surface area contributed by atoms with Crippen LogP contribution in [0, 0.1) is 0 Å². The average molecular weight is 484 g/mol. The zero-order valence-electron chi connectivity index (χ0n) is 20.5. The van der Waals surface area contributed by atoms with Crippen molar-refractivity contribution in [3.8, 4) is 34.3 Å². The van der Waals surface area contributed by atoms with Gasteiger partial charge >= 0.3 is 0 Å². The van der Waals surface area contributed by atoms with E-state index in [9.17, 15) is 4.79 Å². The minimum absolute atomic E-state index is 0.0841. The van der Waals surface area contributed by atoms with Gasteiger partial charge in [0.25, 0.3) is 0 Å². The van der Waals surface area contributed by atoms with Crippen LogP contribution in [0.1, 0.15) is 24.0 Å². The number of anilines is 1. The van der Waals surface area contributed by atoms with E-state index in [1.165, 1.54) is 5.56 Å². The number of nitrogens with one attached hydrogen (secondary N) is 1. The number of nitrogens with zero attached hydrogens (tertiary/aromatic N) is 1. The number of pyridine rings is 1. The Morgan fingerprint density at radius 2 is 1.78 bits per heavy atom. The van der Waals surface area contributed by atoms with Gasteiger partial charge < -0.3 is 24.3 Å². The van der Waals surface area contributed by atoms with Crippen molar-refractivity contribution in [2.24, 2.45) is 0 Å². The molecule has 2 aliphatic heterocycles. The molecule has 1 atom stereocenters. The van der Waals surface area contributed by atoms with Crippen LogP contribution in [0.5, 0.6) is 23.0 Å². The molecule has 3 aromatic carbocycles. The van der Waals surface area contributed by atoms with Crippen molar-refractivity contribution in [1.29, 1.82) is 0 Å². The lowest BCUT2D eigenvalue weighted by molar-refractivity contribution is -0.686. The predicted molar refractivity (Wildman–Crippen MR) is 136 cm³/mol. The fourth-order valence-corrected chi connectivity index (χ4v) is 5.29. The zero-order chi connectivity index (χ0) is 24.8. The maximum atomic E-state index is 13.6. The van der Waals surface area contributed by atoms with Gasteiger partial charge in [-0.15, -0.1) is 0 Å². The van der Waals surface area contributed by atoms with E-state index < -0.39 is 5.92 Å². The summed E-state index contributed by atoms with van der Waals surface area (Å²) in [6.07, 6.45) is 2.94. The van der Waals surface area contributed by atoms with Crippen LogP contribution < -0.4 is 28.8 Å². The number of carbonyl (C=O) groups is 1. The van der Waals surface area contributed by atoms with Gasteiger partial charge in [-0.25, -0.2) is 0 Å². The molecule has 4 aromatic rings. The van der Waals surface area contributed by atoms with Crippen LogP contribution in [0.25, 0.3) is 22.0 Å². The molecule has 7 heteroatoms. The predicted octanol–water partition coefficient (Wildman–Crippen LogP) is 4.84. The molecule has 1 amide bonds. The smallest absolute Gasteiger partial charge is 0.231 e. The average Bonchev–Trinajstić information content (AvgIpc) is 3.37. The fourth-order valence-electron chi connectivity index (χ4n) is 5.29. The Hall–Kier alpha value is -4.26. The minimum atomic E-state index is -0.454. The standard InChI is InChI=1S/C29H26N2O5/c1-17(29(32)30-19-7-5-4-6-8-19)26-20-9-10-23(33-2)28(34-3)22(20)15-31-12-11-18-13-24-25(36-16-35-24)14-21(18)27(26)31/h4-10,13-15,17H,11-12,16H2,1-3H3/p+1. The SMILES string of the molecule is COc1ccc2c(C(C)C(=O)Nc3ccccc3)c3[n+](cc2c1OC)CCc1cc2c(cc1-3)OCO2. The quantitative estimate of drug-likeness (QED) is 0.412. The van der Waals surface area contributed by atoms with Gasteiger partial charge in [0.2, 0.25) is 18.4 Å². The second-order valence-corrected chi connectivity index (χ2v) is 9.04. The molecule has 6 rings (SSSR count). The summed E-state index contributed by atoms with van der Waals surface area (Å²) in [5, 5.41) is 4.93. The number of carbonyl (C=O) groups excluding carboxylic acids is 1. The number of hydrogen-bond acceptors (Lipinski definition) is 5. The van der Waals surface area contributed by atoms with E-state index in [-0.39, 0.29) is 12.7 Å².